The average molecular weight is 272 g/mol. The third kappa shape index (κ3) is 1.37. The van der Waals surface area contributed by atoms with Crippen molar-refractivity contribution < 1.29 is 9.15 Å². The van der Waals surface area contributed by atoms with Gasteiger partial charge in [0.15, 0.2) is 0 Å². The Bertz CT molecular complexity index is 1040. The molecule has 21 heavy (non-hydrogen) atoms. The minimum absolute atomic E-state index is 0.623. The summed E-state index contributed by atoms with van der Waals surface area (Å²) in [4.78, 5) is 0. The van der Waals surface area contributed by atoms with Crippen molar-refractivity contribution in [1.82, 2.24) is 0 Å². The molecule has 0 bridgehead atoms. The van der Waals surface area contributed by atoms with E-state index < -0.39 is 0 Å². The summed E-state index contributed by atoms with van der Waals surface area (Å²) in [7, 11) is 0. The van der Waals surface area contributed by atoms with Crippen LogP contribution >= 0.6 is 0 Å². The molecular formula is C19H12O2. The molecule has 0 saturated heterocycles. The lowest BCUT2D eigenvalue weighted by molar-refractivity contribution is 0.363. The second-order valence-corrected chi connectivity index (χ2v) is 5.30. The van der Waals surface area contributed by atoms with E-state index in [1.54, 1.807) is 0 Å². The Labute approximate surface area is 121 Å². The molecule has 2 heterocycles. The fourth-order valence-electron chi connectivity index (χ4n) is 3.25. The zero-order chi connectivity index (χ0) is 13.8. The molecule has 0 radical (unpaired) electrons. The molecule has 1 aromatic heterocycles. The first-order chi connectivity index (χ1) is 10.4. The van der Waals surface area contributed by atoms with Crippen molar-refractivity contribution in [2.45, 2.75) is 0 Å². The summed E-state index contributed by atoms with van der Waals surface area (Å²) >= 11 is 0. The zero-order valence-corrected chi connectivity index (χ0v) is 11.3. The molecule has 100 valence electrons. The van der Waals surface area contributed by atoms with Crippen molar-refractivity contribution >= 4 is 38.8 Å². The number of para-hydroxylation sites is 1. The molecule has 4 aromatic rings. The number of hydrogen-bond donors (Lipinski definition) is 0. The van der Waals surface area contributed by atoms with Crippen LogP contribution in [0.5, 0.6) is 5.75 Å². The van der Waals surface area contributed by atoms with E-state index in [4.69, 9.17) is 9.15 Å². The van der Waals surface area contributed by atoms with E-state index >= 15 is 0 Å². The lowest BCUT2D eigenvalue weighted by Gasteiger charge is -2.16. The molecule has 5 rings (SSSR count). The van der Waals surface area contributed by atoms with Gasteiger partial charge in [0, 0.05) is 27.1 Å². The molecule has 1 aliphatic rings. The Morgan fingerprint density at radius 3 is 2.48 bits per heavy atom. The molecule has 2 nitrogen and oxygen atoms in total. The Morgan fingerprint density at radius 1 is 0.810 bits per heavy atom. The van der Waals surface area contributed by atoms with Crippen molar-refractivity contribution in [2.24, 2.45) is 0 Å². The van der Waals surface area contributed by atoms with Gasteiger partial charge in [0.1, 0.15) is 23.5 Å². The number of furan rings is 1. The topological polar surface area (TPSA) is 22.4 Å². The Kier molecular flexibility index (Phi) is 2.03. The van der Waals surface area contributed by atoms with E-state index in [2.05, 4.69) is 30.4 Å². The quantitative estimate of drug-likeness (QED) is 0.442. The second-order valence-electron chi connectivity index (χ2n) is 5.30. The van der Waals surface area contributed by atoms with Gasteiger partial charge in [-0.1, -0.05) is 48.5 Å². The fourth-order valence-corrected chi connectivity index (χ4v) is 3.25. The summed E-state index contributed by atoms with van der Waals surface area (Å²) in [6.45, 7) is 0.623. The maximum Gasteiger partial charge on any atom is 0.144 e. The first kappa shape index (κ1) is 11.0. The van der Waals surface area contributed by atoms with Crippen LogP contribution in [0.1, 0.15) is 5.56 Å². The van der Waals surface area contributed by atoms with Gasteiger partial charge < -0.3 is 9.15 Å². The fraction of sp³-hybridized carbons (Fsp3) is 0.0526. The molecular weight excluding hydrogens is 260 g/mol. The molecule has 0 fully saturated rings. The third-order valence-electron chi connectivity index (χ3n) is 4.13. The Hall–Kier alpha value is -2.74. The predicted molar refractivity (Wildman–Crippen MR) is 85.8 cm³/mol. The van der Waals surface area contributed by atoms with Crippen molar-refractivity contribution in [3.05, 3.63) is 60.2 Å². The van der Waals surface area contributed by atoms with Gasteiger partial charge in [-0.2, -0.15) is 0 Å². The molecule has 1 aliphatic heterocycles. The molecule has 0 atom stereocenters. The van der Waals surface area contributed by atoms with Crippen molar-refractivity contribution in [3.8, 4) is 5.75 Å². The number of rotatable bonds is 0. The summed E-state index contributed by atoms with van der Waals surface area (Å²) in [5, 5.41) is 4.51. The van der Waals surface area contributed by atoms with Gasteiger partial charge in [-0.15, -0.1) is 0 Å². The molecule has 2 heteroatoms. The summed E-state index contributed by atoms with van der Waals surface area (Å²) in [6, 6.07) is 16.5. The minimum atomic E-state index is 0.623. The zero-order valence-electron chi connectivity index (χ0n) is 11.3. The highest BCUT2D eigenvalue weighted by Crippen LogP contribution is 2.44. The summed E-state index contributed by atoms with van der Waals surface area (Å²) in [6.07, 6.45) is 4.20. The monoisotopic (exact) mass is 272 g/mol. The second kappa shape index (κ2) is 3.89. The predicted octanol–water partition coefficient (Wildman–Crippen LogP) is 5.14. The SMILES string of the molecule is C1=Cc2c(c3ccccc3c3oc4ccccc4c23)OC1. The summed E-state index contributed by atoms with van der Waals surface area (Å²) < 4.78 is 12.1. The van der Waals surface area contributed by atoms with Crippen LogP contribution in [0, 0.1) is 0 Å². The minimum Gasteiger partial charge on any atom is -0.488 e. The van der Waals surface area contributed by atoms with Gasteiger partial charge in [-0.05, 0) is 12.1 Å². The van der Waals surface area contributed by atoms with Crippen LogP contribution in [0.4, 0.5) is 0 Å². The van der Waals surface area contributed by atoms with E-state index in [0.29, 0.717) is 6.61 Å². The van der Waals surface area contributed by atoms with Gasteiger partial charge in [0.2, 0.25) is 0 Å². The van der Waals surface area contributed by atoms with Gasteiger partial charge in [-0.3, -0.25) is 0 Å². The van der Waals surface area contributed by atoms with Crippen LogP contribution in [0.2, 0.25) is 0 Å². The largest absolute Gasteiger partial charge is 0.488 e. The molecule has 0 N–H and O–H groups in total. The Morgan fingerprint density at radius 2 is 1.57 bits per heavy atom. The normalized spacial score (nSPS) is 13.7. The molecule has 0 aliphatic carbocycles. The maximum atomic E-state index is 6.14. The van der Waals surface area contributed by atoms with Crippen LogP contribution < -0.4 is 4.74 Å². The average Bonchev–Trinajstić information content (AvgIpc) is 2.95. The first-order valence-electron chi connectivity index (χ1n) is 7.09. The molecule has 3 aromatic carbocycles. The third-order valence-corrected chi connectivity index (χ3v) is 4.13. The number of ether oxygens (including phenoxy) is 1. The molecule has 0 amide bonds. The molecule has 0 spiro atoms. The summed E-state index contributed by atoms with van der Waals surface area (Å²) in [5.41, 5.74) is 2.99. The van der Waals surface area contributed by atoms with Gasteiger partial charge in [-0.25, -0.2) is 0 Å². The Balaban J connectivity index is 2.16. The first-order valence-corrected chi connectivity index (χ1v) is 7.09. The van der Waals surface area contributed by atoms with Gasteiger partial charge in [0.25, 0.3) is 0 Å². The van der Waals surface area contributed by atoms with Gasteiger partial charge >= 0.3 is 0 Å². The lowest BCUT2D eigenvalue weighted by atomic mass is 9.97. The van der Waals surface area contributed by atoms with Crippen molar-refractivity contribution in [1.29, 1.82) is 0 Å². The smallest absolute Gasteiger partial charge is 0.144 e. The highest BCUT2D eigenvalue weighted by Gasteiger charge is 2.20. The highest BCUT2D eigenvalue weighted by atomic mass is 16.5. The maximum absolute atomic E-state index is 6.14. The number of fused-ring (bicyclic) bond motifs is 8. The number of hydrogen-bond acceptors (Lipinski definition) is 2. The van der Waals surface area contributed by atoms with Crippen LogP contribution in [-0.2, 0) is 0 Å². The van der Waals surface area contributed by atoms with Crippen LogP contribution in [0.3, 0.4) is 0 Å². The van der Waals surface area contributed by atoms with Crippen molar-refractivity contribution in [2.75, 3.05) is 6.61 Å². The molecule has 0 unspecified atom stereocenters. The lowest BCUT2D eigenvalue weighted by Crippen LogP contribution is -2.01. The molecule has 0 saturated carbocycles. The van der Waals surface area contributed by atoms with Crippen LogP contribution in [-0.4, -0.2) is 6.61 Å². The van der Waals surface area contributed by atoms with Crippen molar-refractivity contribution in [3.63, 3.8) is 0 Å². The van der Waals surface area contributed by atoms with Gasteiger partial charge in [0.05, 0.1) is 0 Å². The van der Waals surface area contributed by atoms with Crippen LogP contribution in [0.15, 0.2) is 59.0 Å². The highest BCUT2D eigenvalue weighted by molar-refractivity contribution is 6.20. The van der Waals surface area contributed by atoms with E-state index in [0.717, 1.165) is 44.0 Å². The van der Waals surface area contributed by atoms with Crippen LogP contribution in [0.25, 0.3) is 38.8 Å². The van der Waals surface area contributed by atoms with E-state index in [1.165, 1.54) is 0 Å². The van der Waals surface area contributed by atoms with E-state index in [1.807, 2.05) is 30.3 Å². The standard InChI is InChI=1S/C19H12O2/c1-2-7-13-12(6-1)18-15(9-5-11-20-18)17-14-8-3-4-10-16(14)21-19(13)17/h1-10H,11H2. The number of benzene rings is 3. The van der Waals surface area contributed by atoms with E-state index in [9.17, 15) is 0 Å². The van der Waals surface area contributed by atoms with E-state index in [-0.39, 0.29) is 0 Å². The summed E-state index contributed by atoms with van der Waals surface area (Å²) in [5.74, 6) is 0.965.